The van der Waals surface area contributed by atoms with Crippen LogP contribution in [0.2, 0.25) is 5.02 Å². The van der Waals surface area contributed by atoms with E-state index in [1.54, 1.807) is 19.1 Å². The average Bonchev–Trinajstić information content (AvgIpc) is 2.86. The highest BCUT2D eigenvalue weighted by molar-refractivity contribution is 6.30. The SMILES string of the molecule is C/C=C(\CC)c1cccc2c1OC(C)(c1ccc(Cl)cc1F)O2. The van der Waals surface area contributed by atoms with Gasteiger partial charge in [-0.15, -0.1) is 0 Å². The first kappa shape index (κ1) is 15.9. The molecule has 4 heteroatoms. The molecule has 0 radical (unpaired) electrons. The van der Waals surface area contributed by atoms with Crippen molar-refractivity contribution in [2.75, 3.05) is 0 Å². The Balaban J connectivity index is 2.06. The fourth-order valence-electron chi connectivity index (χ4n) is 2.90. The predicted octanol–water partition coefficient (Wildman–Crippen LogP) is 5.94. The van der Waals surface area contributed by atoms with E-state index in [0.29, 0.717) is 22.1 Å². The number of para-hydroxylation sites is 1. The lowest BCUT2D eigenvalue weighted by molar-refractivity contribution is -0.0708. The number of hydrogen-bond donors (Lipinski definition) is 0. The first-order valence-electron chi connectivity index (χ1n) is 7.60. The second-order valence-electron chi connectivity index (χ2n) is 5.57. The molecule has 2 aromatic carbocycles. The second kappa shape index (κ2) is 5.89. The minimum Gasteiger partial charge on any atom is -0.444 e. The van der Waals surface area contributed by atoms with Gasteiger partial charge in [0.05, 0.1) is 5.56 Å². The molecular weight excluding hydrogens is 315 g/mol. The van der Waals surface area contributed by atoms with Gasteiger partial charge in [-0.25, -0.2) is 4.39 Å². The second-order valence-corrected chi connectivity index (χ2v) is 6.01. The lowest BCUT2D eigenvalue weighted by Crippen LogP contribution is -2.32. The van der Waals surface area contributed by atoms with Crippen molar-refractivity contribution in [1.82, 2.24) is 0 Å². The number of halogens is 2. The number of ether oxygens (including phenoxy) is 2. The Kier molecular flexibility index (Phi) is 4.07. The maximum Gasteiger partial charge on any atom is 0.278 e. The van der Waals surface area contributed by atoms with Gasteiger partial charge in [-0.1, -0.05) is 36.7 Å². The van der Waals surface area contributed by atoms with Crippen molar-refractivity contribution < 1.29 is 13.9 Å². The van der Waals surface area contributed by atoms with Crippen molar-refractivity contribution in [2.45, 2.75) is 33.0 Å². The van der Waals surface area contributed by atoms with E-state index in [2.05, 4.69) is 13.0 Å². The Morgan fingerprint density at radius 2 is 2.04 bits per heavy atom. The molecule has 2 aromatic rings. The smallest absolute Gasteiger partial charge is 0.278 e. The van der Waals surface area contributed by atoms with Gasteiger partial charge >= 0.3 is 0 Å². The van der Waals surface area contributed by atoms with Gasteiger partial charge in [0.25, 0.3) is 5.79 Å². The molecule has 0 aromatic heterocycles. The fraction of sp³-hybridized carbons (Fsp3) is 0.263. The minimum absolute atomic E-state index is 0.322. The van der Waals surface area contributed by atoms with E-state index in [-0.39, 0.29) is 0 Å². The Morgan fingerprint density at radius 1 is 1.26 bits per heavy atom. The number of allylic oxidation sites excluding steroid dienone is 2. The lowest BCUT2D eigenvalue weighted by atomic mass is 10.0. The van der Waals surface area contributed by atoms with Crippen LogP contribution in [0.3, 0.4) is 0 Å². The normalized spacial score (nSPS) is 20.0. The van der Waals surface area contributed by atoms with Crippen LogP contribution in [0.15, 0.2) is 42.5 Å². The highest BCUT2D eigenvalue weighted by Crippen LogP contribution is 2.48. The molecule has 0 N–H and O–H groups in total. The van der Waals surface area contributed by atoms with E-state index >= 15 is 0 Å². The molecule has 1 heterocycles. The molecule has 120 valence electrons. The molecule has 23 heavy (non-hydrogen) atoms. The van der Waals surface area contributed by atoms with Crippen LogP contribution in [0, 0.1) is 5.82 Å². The summed E-state index contributed by atoms with van der Waals surface area (Å²) in [7, 11) is 0. The van der Waals surface area contributed by atoms with Gasteiger partial charge in [0.15, 0.2) is 11.5 Å². The molecule has 0 spiro atoms. The van der Waals surface area contributed by atoms with E-state index in [0.717, 1.165) is 17.6 Å². The molecule has 0 amide bonds. The molecule has 0 saturated carbocycles. The highest BCUT2D eigenvalue weighted by atomic mass is 35.5. The molecule has 1 aliphatic heterocycles. The van der Waals surface area contributed by atoms with Gasteiger partial charge in [-0.05, 0) is 43.2 Å². The summed E-state index contributed by atoms with van der Waals surface area (Å²) in [6, 6.07) is 10.2. The molecule has 0 aliphatic carbocycles. The maximum atomic E-state index is 14.3. The van der Waals surface area contributed by atoms with E-state index < -0.39 is 11.6 Å². The van der Waals surface area contributed by atoms with Crippen molar-refractivity contribution in [3.05, 3.63) is 64.4 Å². The number of hydrogen-bond acceptors (Lipinski definition) is 2. The van der Waals surface area contributed by atoms with Gasteiger partial charge in [-0.2, -0.15) is 0 Å². The number of fused-ring (bicyclic) bond motifs is 1. The van der Waals surface area contributed by atoms with E-state index in [1.165, 1.54) is 6.07 Å². The van der Waals surface area contributed by atoms with Crippen LogP contribution in [0.5, 0.6) is 11.5 Å². The molecule has 0 saturated heterocycles. The summed E-state index contributed by atoms with van der Waals surface area (Å²) >= 11 is 5.83. The summed E-state index contributed by atoms with van der Waals surface area (Å²) in [6.07, 6.45) is 2.93. The Bertz CT molecular complexity index is 785. The summed E-state index contributed by atoms with van der Waals surface area (Å²) < 4.78 is 26.3. The number of rotatable bonds is 3. The Morgan fingerprint density at radius 3 is 2.70 bits per heavy atom. The van der Waals surface area contributed by atoms with Crippen LogP contribution in [0.1, 0.15) is 38.3 Å². The first-order chi connectivity index (χ1) is 11.0. The van der Waals surface area contributed by atoms with E-state index in [9.17, 15) is 4.39 Å². The van der Waals surface area contributed by atoms with Crippen molar-refractivity contribution in [1.29, 1.82) is 0 Å². The zero-order valence-electron chi connectivity index (χ0n) is 13.3. The van der Waals surface area contributed by atoms with Crippen LogP contribution in [0.4, 0.5) is 4.39 Å². The largest absolute Gasteiger partial charge is 0.444 e. The van der Waals surface area contributed by atoms with E-state index in [1.807, 2.05) is 25.1 Å². The van der Waals surface area contributed by atoms with Crippen molar-refractivity contribution in [2.24, 2.45) is 0 Å². The van der Waals surface area contributed by atoms with Crippen LogP contribution in [-0.4, -0.2) is 0 Å². The molecule has 1 unspecified atom stereocenters. The third-order valence-electron chi connectivity index (χ3n) is 4.08. The topological polar surface area (TPSA) is 18.5 Å². The molecule has 0 bridgehead atoms. The lowest BCUT2D eigenvalue weighted by Gasteiger charge is -2.24. The summed E-state index contributed by atoms with van der Waals surface area (Å²) in [6.45, 7) is 5.79. The summed E-state index contributed by atoms with van der Waals surface area (Å²) in [5, 5.41) is 0.341. The first-order valence-corrected chi connectivity index (χ1v) is 7.98. The quantitative estimate of drug-likeness (QED) is 0.692. The van der Waals surface area contributed by atoms with Crippen molar-refractivity contribution >= 4 is 17.2 Å². The third-order valence-corrected chi connectivity index (χ3v) is 4.31. The van der Waals surface area contributed by atoms with Crippen molar-refractivity contribution in [3.8, 4) is 11.5 Å². The monoisotopic (exact) mass is 332 g/mol. The zero-order valence-corrected chi connectivity index (χ0v) is 14.1. The molecule has 3 rings (SSSR count). The van der Waals surface area contributed by atoms with Crippen LogP contribution < -0.4 is 9.47 Å². The summed E-state index contributed by atoms with van der Waals surface area (Å²) in [4.78, 5) is 0. The highest BCUT2D eigenvalue weighted by Gasteiger charge is 2.42. The van der Waals surface area contributed by atoms with E-state index in [4.69, 9.17) is 21.1 Å². The van der Waals surface area contributed by atoms with Crippen LogP contribution >= 0.6 is 11.6 Å². The Labute approximate surface area is 140 Å². The van der Waals surface area contributed by atoms with Crippen LogP contribution in [0.25, 0.3) is 5.57 Å². The molecule has 1 atom stereocenters. The Hall–Kier alpha value is -2.00. The summed E-state index contributed by atoms with van der Waals surface area (Å²) in [5.74, 6) is -0.387. The standard InChI is InChI=1S/C19H18ClFO2/c1-4-12(5-2)14-7-6-8-17-18(14)23-19(3,22-17)15-10-9-13(20)11-16(15)21/h4,6-11H,5H2,1-3H3/b12-4+. The molecule has 1 aliphatic rings. The van der Waals surface area contributed by atoms with Gasteiger partial charge in [0, 0.05) is 17.5 Å². The average molecular weight is 333 g/mol. The van der Waals surface area contributed by atoms with Crippen LogP contribution in [-0.2, 0) is 5.79 Å². The van der Waals surface area contributed by atoms with Gasteiger partial charge in [0.2, 0.25) is 0 Å². The summed E-state index contributed by atoms with van der Waals surface area (Å²) in [5.41, 5.74) is 2.46. The minimum atomic E-state index is -1.21. The van der Waals surface area contributed by atoms with Gasteiger partial charge in [0.1, 0.15) is 5.82 Å². The molecule has 0 fully saturated rings. The third kappa shape index (κ3) is 2.70. The molecular formula is C19H18ClFO2. The zero-order chi connectivity index (χ0) is 16.6. The number of benzene rings is 2. The molecule has 2 nitrogen and oxygen atoms in total. The van der Waals surface area contributed by atoms with Gasteiger partial charge < -0.3 is 9.47 Å². The predicted molar refractivity (Wildman–Crippen MR) is 90.4 cm³/mol. The fourth-order valence-corrected chi connectivity index (χ4v) is 3.06. The maximum absolute atomic E-state index is 14.3. The van der Waals surface area contributed by atoms with Crippen molar-refractivity contribution in [3.63, 3.8) is 0 Å². The van der Waals surface area contributed by atoms with Gasteiger partial charge in [-0.3, -0.25) is 0 Å².